The summed E-state index contributed by atoms with van der Waals surface area (Å²) >= 11 is 0. The number of benzene rings is 1. The third kappa shape index (κ3) is 3.19. The summed E-state index contributed by atoms with van der Waals surface area (Å²) in [4.78, 5) is 16.8. The molecular formula is C16H23N3O. The summed E-state index contributed by atoms with van der Waals surface area (Å²) in [7, 11) is 0. The number of hydrogen-bond acceptors (Lipinski definition) is 3. The molecule has 0 radical (unpaired) electrons. The van der Waals surface area contributed by atoms with Crippen molar-refractivity contribution in [3.8, 4) is 0 Å². The summed E-state index contributed by atoms with van der Waals surface area (Å²) in [5.74, 6) is 0.978. The molecule has 2 fully saturated rings. The average Bonchev–Trinajstić information content (AvgIpc) is 3.31. The Hall–Kier alpha value is -1.39. The zero-order valence-electron chi connectivity index (χ0n) is 11.9. The van der Waals surface area contributed by atoms with Crippen LogP contribution < -0.4 is 5.73 Å². The summed E-state index contributed by atoms with van der Waals surface area (Å²) < 4.78 is 0. The lowest BCUT2D eigenvalue weighted by atomic mass is 10.1. The molecule has 2 aliphatic rings. The number of carbonyl (C=O) groups excluding carboxylic acids is 1. The van der Waals surface area contributed by atoms with E-state index in [1.807, 2.05) is 35.2 Å². The molecule has 2 N–H and O–H groups in total. The maximum Gasteiger partial charge on any atom is 0.244 e. The molecule has 0 aromatic heterocycles. The number of carbonyl (C=O) groups is 1. The first-order valence-electron chi connectivity index (χ1n) is 7.55. The van der Waals surface area contributed by atoms with Crippen LogP contribution in [0.4, 0.5) is 0 Å². The van der Waals surface area contributed by atoms with Crippen LogP contribution in [-0.4, -0.2) is 48.4 Å². The van der Waals surface area contributed by atoms with Crippen LogP contribution >= 0.6 is 0 Å². The van der Waals surface area contributed by atoms with Crippen molar-refractivity contribution in [2.24, 2.45) is 11.7 Å². The van der Waals surface area contributed by atoms with Crippen molar-refractivity contribution in [2.45, 2.75) is 18.9 Å². The largest absolute Gasteiger partial charge is 0.338 e. The Morgan fingerprint density at radius 3 is 2.40 bits per heavy atom. The summed E-state index contributed by atoms with van der Waals surface area (Å²) in [5, 5.41) is 0. The molecule has 1 aromatic rings. The molecule has 4 heteroatoms. The fourth-order valence-electron chi connectivity index (χ4n) is 2.82. The normalized spacial score (nSPS) is 21.8. The highest BCUT2D eigenvalue weighted by Gasteiger charge is 2.29. The minimum absolute atomic E-state index is 0.0577. The molecule has 1 saturated heterocycles. The summed E-state index contributed by atoms with van der Waals surface area (Å²) in [6, 6.07) is 9.12. The predicted molar refractivity (Wildman–Crippen MR) is 79.1 cm³/mol. The minimum Gasteiger partial charge on any atom is -0.338 e. The second kappa shape index (κ2) is 5.94. The first-order chi connectivity index (χ1) is 9.74. The van der Waals surface area contributed by atoms with E-state index in [9.17, 15) is 4.79 Å². The Morgan fingerprint density at radius 1 is 1.15 bits per heavy atom. The van der Waals surface area contributed by atoms with Gasteiger partial charge in [0, 0.05) is 32.7 Å². The first-order valence-corrected chi connectivity index (χ1v) is 7.55. The standard InChI is InChI=1S/C16H23N3O/c17-15(14-4-2-1-3-5-14)16(20)19-10-8-18(9-11-19)12-13-6-7-13/h1-5,13,15H,6-12,17H2/t15-/m1/s1. The summed E-state index contributed by atoms with van der Waals surface area (Å²) in [6.07, 6.45) is 2.77. The molecular weight excluding hydrogens is 250 g/mol. The van der Waals surface area contributed by atoms with E-state index in [-0.39, 0.29) is 5.91 Å². The van der Waals surface area contributed by atoms with E-state index in [1.165, 1.54) is 19.4 Å². The van der Waals surface area contributed by atoms with Crippen LogP contribution in [0.2, 0.25) is 0 Å². The molecule has 3 rings (SSSR count). The van der Waals surface area contributed by atoms with Crippen molar-refractivity contribution in [2.75, 3.05) is 32.7 Å². The third-order valence-corrected chi connectivity index (χ3v) is 4.32. The van der Waals surface area contributed by atoms with Crippen LogP contribution in [0.25, 0.3) is 0 Å². The second-order valence-electron chi connectivity index (χ2n) is 5.96. The van der Waals surface area contributed by atoms with Crippen LogP contribution in [0.5, 0.6) is 0 Å². The highest BCUT2D eigenvalue weighted by Crippen LogP contribution is 2.30. The number of nitrogens with two attached hydrogens (primary N) is 1. The maximum absolute atomic E-state index is 12.4. The van der Waals surface area contributed by atoms with Gasteiger partial charge in [-0.05, 0) is 24.3 Å². The number of nitrogens with zero attached hydrogens (tertiary/aromatic N) is 2. The fraction of sp³-hybridized carbons (Fsp3) is 0.562. The van der Waals surface area contributed by atoms with Gasteiger partial charge in [0.2, 0.25) is 5.91 Å². The van der Waals surface area contributed by atoms with Crippen LogP contribution in [0.15, 0.2) is 30.3 Å². The number of amides is 1. The smallest absolute Gasteiger partial charge is 0.244 e. The van der Waals surface area contributed by atoms with Gasteiger partial charge in [0.1, 0.15) is 6.04 Å². The van der Waals surface area contributed by atoms with Crippen LogP contribution in [0.3, 0.4) is 0 Å². The Kier molecular flexibility index (Phi) is 4.03. The SMILES string of the molecule is N[C@@H](C(=O)N1CCN(CC2CC2)CC1)c1ccccc1. The molecule has 108 valence electrons. The number of piperazine rings is 1. The topological polar surface area (TPSA) is 49.6 Å². The van der Waals surface area contributed by atoms with E-state index in [1.54, 1.807) is 0 Å². The monoisotopic (exact) mass is 273 g/mol. The van der Waals surface area contributed by atoms with E-state index in [2.05, 4.69) is 4.90 Å². The van der Waals surface area contributed by atoms with Crippen molar-refractivity contribution in [3.63, 3.8) is 0 Å². The molecule has 1 aromatic carbocycles. The van der Waals surface area contributed by atoms with Gasteiger partial charge < -0.3 is 10.6 Å². The van der Waals surface area contributed by atoms with Gasteiger partial charge in [-0.25, -0.2) is 0 Å². The quantitative estimate of drug-likeness (QED) is 0.898. The van der Waals surface area contributed by atoms with Crippen molar-refractivity contribution in [1.82, 2.24) is 9.80 Å². The number of rotatable bonds is 4. The van der Waals surface area contributed by atoms with E-state index in [4.69, 9.17) is 5.73 Å². The Labute approximate surface area is 120 Å². The Morgan fingerprint density at radius 2 is 1.80 bits per heavy atom. The van der Waals surface area contributed by atoms with Crippen molar-refractivity contribution >= 4 is 5.91 Å². The molecule has 0 spiro atoms. The van der Waals surface area contributed by atoms with Crippen molar-refractivity contribution in [1.29, 1.82) is 0 Å². The van der Waals surface area contributed by atoms with Crippen LogP contribution in [0, 0.1) is 5.92 Å². The van der Waals surface area contributed by atoms with Crippen molar-refractivity contribution in [3.05, 3.63) is 35.9 Å². The lowest BCUT2D eigenvalue weighted by molar-refractivity contribution is -0.134. The maximum atomic E-state index is 12.4. The van der Waals surface area contributed by atoms with Crippen LogP contribution in [-0.2, 0) is 4.79 Å². The molecule has 1 aliphatic heterocycles. The molecule has 1 heterocycles. The average molecular weight is 273 g/mol. The molecule has 1 atom stereocenters. The first kappa shape index (κ1) is 13.6. The molecule has 1 saturated carbocycles. The van der Waals surface area contributed by atoms with E-state index >= 15 is 0 Å². The molecule has 0 bridgehead atoms. The van der Waals surface area contributed by atoms with Gasteiger partial charge in [-0.15, -0.1) is 0 Å². The zero-order chi connectivity index (χ0) is 13.9. The molecule has 1 aliphatic carbocycles. The lowest BCUT2D eigenvalue weighted by Crippen LogP contribution is -2.51. The molecule has 20 heavy (non-hydrogen) atoms. The molecule has 0 unspecified atom stereocenters. The summed E-state index contributed by atoms with van der Waals surface area (Å²) in [6.45, 7) is 4.82. The second-order valence-corrected chi connectivity index (χ2v) is 5.96. The van der Waals surface area contributed by atoms with Gasteiger partial charge in [-0.3, -0.25) is 9.69 Å². The number of hydrogen-bond donors (Lipinski definition) is 1. The Bertz CT molecular complexity index is 450. The van der Waals surface area contributed by atoms with Gasteiger partial charge in [0.05, 0.1) is 0 Å². The lowest BCUT2D eigenvalue weighted by Gasteiger charge is -2.36. The Balaban J connectivity index is 1.53. The van der Waals surface area contributed by atoms with E-state index < -0.39 is 6.04 Å². The van der Waals surface area contributed by atoms with Crippen LogP contribution in [0.1, 0.15) is 24.4 Å². The molecule has 4 nitrogen and oxygen atoms in total. The molecule has 1 amide bonds. The van der Waals surface area contributed by atoms with Gasteiger partial charge in [0.15, 0.2) is 0 Å². The highest BCUT2D eigenvalue weighted by atomic mass is 16.2. The highest BCUT2D eigenvalue weighted by molar-refractivity contribution is 5.83. The third-order valence-electron chi connectivity index (χ3n) is 4.32. The van der Waals surface area contributed by atoms with Crippen molar-refractivity contribution < 1.29 is 4.79 Å². The minimum atomic E-state index is -0.522. The fourth-order valence-corrected chi connectivity index (χ4v) is 2.82. The van der Waals surface area contributed by atoms with E-state index in [0.29, 0.717) is 0 Å². The van der Waals surface area contributed by atoms with E-state index in [0.717, 1.165) is 37.7 Å². The van der Waals surface area contributed by atoms with Gasteiger partial charge in [0.25, 0.3) is 0 Å². The van der Waals surface area contributed by atoms with Gasteiger partial charge in [-0.1, -0.05) is 30.3 Å². The zero-order valence-corrected chi connectivity index (χ0v) is 11.9. The predicted octanol–water partition coefficient (Wildman–Crippen LogP) is 1.24. The van der Waals surface area contributed by atoms with Gasteiger partial charge >= 0.3 is 0 Å². The summed E-state index contributed by atoms with van der Waals surface area (Å²) in [5.41, 5.74) is 6.99. The van der Waals surface area contributed by atoms with Gasteiger partial charge in [-0.2, -0.15) is 0 Å².